The maximum Gasteiger partial charge on any atom is 0.223 e. The second-order valence-electron chi connectivity index (χ2n) is 8.46. The van der Waals surface area contributed by atoms with E-state index in [-0.39, 0.29) is 0 Å². The number of nitrogens with zero attached hydrogens (tertiary/aromatic N) is 1. The van der Waals surface area contributed by atoms with Crippen LogP contribution in [0.15, 0.2) is 0 Å². The zero-order valence-corrected chi connectivity index (χ0v) is 13.9. The first-order valence-corrected chi connectivity index (χ1v) is 9.83. The Morgan fingerprint density at radius 2 is 1.55 bits per heavy atom. The summed E-state index contributed by atoms with van der Waals surface area (Å²) in [6.07, 6.45) is 15.4. The minimum Gasteiger partial charge on any atom is -0.339 e. The van der Waals surface area contributed by atoms with E-state index in [9.17, 15) is 4.79 Å². The zero-order valence-electron chi connectivity index (χ0n) is 13.9. The van der Waals surface area contributed by atoms with Crippen LogP contribution in [0.25, 0.3) is 0 Å². The van der Waals surface area contributed by atoms with Crippen LogP contribution in [0.4, 0.5) is 0 Å². The van der Waals surface area contributed by atoms with Crippen LogP contribution in [0.1, 0.15) is 77.0 Å². The number of fused-ring (bicyclic) bond motifs is 2. The standard InChI is InChI=1S/C19H32N2O/c22-19(12-15-10-16-6-7-17(11-15)20-16)21(18-8-9-18)13-14-4-2-1-3-5-14/h14-18,20H,1-13H2. The van der Waals surface area contributed by atoms with Gasteiger partial charge in [0.25, 0.3) is 0 Å². The Bertz CT molecular complexity index is 388. The SMILES string of the molecule is O=C(CC1CC2CCC(C1)N2)N(CC1CCCCC1)C1CC1. The first-order valence-electron chi connectivity index (χ1n) is 9.83. The predicted octanol–water partition coefficient (Wildman–Crippen LogP) is 3.48. The van der Waals surface area contributed by atoms with Gasteiger partial charge in [0.2, 0.25) is 5.91 Å². The molecule has 2 bridgehead atoms. The molecule has 2 saturated heterocycles. The van der Waals surface area contributed by atoms with E-state index in [0.717, 1.165) is 18.9 Å². The highest BCUT2D eigenvalue weighted by Gasteiger charge is 2.38. The Hall–Kier alpha value is -0.570. The van der Waals surface area contributed by atoms with Crippen LogP contribution in [0.3, 0.4) is 0 Å². The Kier molecular flexibility index (Phi) is 4.43. The molecule has 0 radical (unpaired) electrons. The molecule has 0 aromatic rings. The Balaban J connectivity index is 1.32. The molecule has 1 N–H and O–H groups in total. The van der Waals surface area contributed by atoms with Crippen molar-refractivity contribution in [3.8, 4) is 0 Å². The van der Waals surface area contributed by atoms with Crippen molar-refractivity contribution in [3.05, 3.63) is 0 Å². The number of carbonyl (C=O) groups excluding carboxylic acids is 1. The van der Waals surface area contributed by atoms with Gasteiger partial charge in [-0.25, -0.2) is 0 Å². The van der Waals surface area contributed by atoms with Gasteiger partial charge in [0.05, 0.1) is 0 Å². The molecule has 0 spiro atoms. The van der Waals surface area contributed by atoms with Crippen molar-refractivity contribution in [2.24, 2.45) is 11.8 Å². The number of nitrogens with one attached hydrogen (secondary N) is 1. The summed E-state index contributed by atoms with van der Waals surface area (Å²) in [5, 5.41) is 3.70. The molecule has 1 amide bonds. The van der Waals surface area contributed by atoms with Gasteiger partial charge in [-0.2, -0.15) is 0 Å². The van der Waals surface area contributed by atoms with Crippen LogP contribution in [-0.4, -0.2) is 35.5 Å². The van der Waals surface area contributed by atoms with Gasteiger partial charge in [-0.1, -0.05) is 19.3 Å². The fraction of sp³-hybridized carbons (Fsp3) is 0.947. The van der Waals surface area contributed by atoms with Gasteiger partial charge in [-0.15, -0.1) is 0 Å². The number of piperidine rings is 1. The summed E-state index contributed by atoms with van der Waals surface area (Å²) in [6, 6.07) is 2.03. The van der Waals surface area contributed by atoms with Gasteiger partial charge in [0, 0.05) is 31.1 Å². The Labute approximate surface area is 135 Å². The van der Waals surface area contributed by atoms with Crippen LogP contribution in [0.2, 0.25) is 0 Å². The molecular weight excluding hydrogens is 272 g/mol. The summed E-state index contributed by atoms with van der Waals surface area (Å²) in [5.41, 5.74) is 0. The molecule has 22 heavy (non-hydrogen) atoms. The third-order valence-corrected chi connectivity index (χ3v) is 6.52. The third kappa shape index (κ3) is 3.50. The molecule has 2 saturated carbocycles. The molecule has 0 aromatic carbocycles. The van der Waals surface area contributed by atoms with E-state index in [4.69, 9.17) is 0 Å². The number of hydrogen-bond donors (Lipinski definition) is 1. The third-order valence-electron chi connectivity index (χ3n) is 6.52. The Morgan fingerprint density at radius 1 is 0.864 bits per heavy atom. The number of amides is 1. The van der Waals surface area contributed by atoms with E-state index < -0.39 is 0 Å². The summed E-state index contributed by atoms with van der Waals surface area (Å²) < 4.78 is 0. The maximum atomic E-state index is 12.9. The molecule has 0 aromatic heterocycles. The molecule has 3 nitrogen and oxygen atoms in total. The number of carbonyl (C=O) groups is 1. The molecule has 2 aliphatic heterocycles. The van der Waals surface area contributed by atoms with Gasteiger partial charge in [0.1, 0.15) is 0 Å². The number of hydrogen-bond acceptors (Lipinski definition) is 2. The molecule has 2 unspecified atom stereocenters. The van der Waals surface area contributed by atoms with Gasteiger partial charge < -0.3 is 10.2 Å². The van der Waals surface area contributed by atoms with Gasteiger partial charge in [0.15, 0.2) is 0 Å². The smallest absolute Gasteiger partial charge is 0.223 e. The van der Waals surface area contributed by atoms with Gasteiger partial charge in [-0.05, 0) is 63.2 Å². The van der Waals surface area contributed by atoms with Crippen LogP contribution < -0.4 is 5.32 Å². The topological polar surface area (TPSA) is 32.3 Å². The average molecular weight is 304 g/mol. The molecule has 2 atom stereocenters. The normalized spacial score (nSPS) is 35.5. The van der Waals surface area contributed by atoms with E-state index in [1.165, 1.54) is 70.6 Å². The molecule has 4 fully saturated rings. The lowest BCUT2D eigenvalue weighted by molar-refractivity contribution is -0.134. The predicted molar refractivity (Wildman–Crippen MR) is 88.6 cm³/mol. The molecular formula is C19H32N2O. The molecule has 2 aliphatic carbocycles. The van der Waals surface area contributed by atoms with E-state index in [2.05, 4.69) is 10.2 Å². The van der Waals surface area contributed by atoms with Crippen molar-refractivity contribution < 1.29 is 4.79 Å². The van der Waals surface area contributed by atoms with Crippen molar-refractivity contribution in [1.82, 2.24) is 10.2 Å². The monoisotopic (exact) mass is 304 g/mol. The van der Waals surface area contributed by atoms with Crippen LogP contribution in [-0.2, 0) is 4.79 Å². The molecule has 3 heteroatoms. The lowest BCUT2D eigenvalue weighted by Gasteiger charge is -2.33. The largest absolute Gasteiger partial charge is 0.339 e. The number of rotatable bonds is 5. The minimum absolute atomic E-state index is 0.486. The lowest BCUT2D eigenvalue weighted by atomic mass is 9.87. The zero-order chi connectivity index (χ0) is 14.9. The second kappa shape index (κ2) is 6.51. The lowest BCUT2D eigenvalue weighted by Crippen LogP contribution is -2.42. The van der Waals surface area contributed by atoms with Crippen LogP contribution >= 0.6 is 0 Å². The fourth-order valence-electron chi connectivity index (χ4n) is 5.19. The van der Waals surface area contributed by atoms with E-state index >= 15 is 0 Å². The summed E-state index contributed by atoms with van der Waals surface area (Å²) in [6.45, 7) is 1.07. The molecule has 4 rings (SSSR count). The highest BCUT2D eigenvalue weighted by atomic mass is 16.2. The van der Waals surface area contributed by atoms with Crippen molar-refractivity contribution >= 4 is 5.91 Å². The second-order valence-corrected chi connectivity index (χ2v) is 8.46. The summed E-state index contributed by atoms with van der Waals surface area (Å²) in [5.74, 6) is 1.93. The maximum absolute atomic E-state index is 12.9. The van der Waals surface area contributed by atoms with Crippen molar-refractivity contribution in [1.29, 1.82) is 0 Å². The van der Waals surface area contributed by atoms with Crippen LogP contribution in [0.5, 0.6) is 0 Å². The van der Waals surface area contributed by atoms with Crippen LogP contribution in [0, 0.1) is 11.8 Å². The van der Waals surface area contributed by atoms with Gasteiger partial charge >= 0.3 is 0 Å². The van der Waals surface area contributed by atoms with Crippen molar-refractivity contribution in [2.75, 3.05) is 6.54 Å². The first-order chi connectivity index (χ1) is 10.8. The quantitative estimate of drug-likeness (QED) is 0.843. The molecule has 4 aliphatic rings. The minimum atomic E-state index is 0.486. The van der Waals surface area contributed by atoms with E-state index in [1.807, 2.05) is 0 Å². The van der Waals surface area contributed by atoms with Crippen molar-refractivity contribution in [3.63, 3.8) is 0 Å². The summed E-state index contributed by atoms with van der Waals surface area (Å²) in [4.78, 5) is 15.2. The molecule has 2 heterocycles. The Morgan fingerprint density at radius 3 is 2.18 bits per heavy atom. The molecule has 124 valence electrons. The van der Waals surface area contributed by atoms with E-state index in [1.54, 1.807) is 0 Å². The van der Waals surface area contributed by atoms with Crippen molar-refractivity contribution in [2.45, 2.75) is 95.2 Å². The summed E-state index contributed by atoms with van der Waals surface area (Å²) in [7, 11) is 0. The highest BCUT2D eigenvalue weighted by molar-refractivity contribution is 5.77. The average Bonchev–Trinajstić information content (AvgIpc) is 3.31. The first kappa shape index (κ1) is 15.0. The highest BCUT2D eigenvalue weighted by Crippen LogP contribution is 2.36. The van der Waals surface area contributed by atoms with Gasteiger partial charge in [-0.3, -0.25) is 4.79 Å². The fourth-order valence-corrected chi connectivity index (χ4v) is 5.19. The van der Waals surface area contributed by atoms with E-state index in [0.29, 0.717) is 30.0 Å². The summed E-state index contributed by atoms with van der Waals surface area (Å²) >= 11 is 0.